The molecule has 1 N–H and O–H groups in total. The minimum atomic E-state index is 0.520. The highest BCUT2D eigenvalue weighted by molar-refractivity contribution is 5.01. The molecule has 0 atom stereocenters. The van der Waals surface area contributed by atoms with Gasteiger partial charge < -0.3 is 10.2 Å². The van der Waals surface area contributed by atoms with Crippen molar-refractivity contribution >= 4 is 0 Å². The van der Waals surface area contributed by atoms with Gasteiger partial charge in [-0.3, -0.25) is 4.90 Å². The van der Waals surface area contributed by atoms with Crippen molar-refractivity contribution in [3.8, 4) is 0 Å². The Kier molecular flexibility index (Phi) is 5.70. The quantitative estimate of drug-likeness (QED) is 0.820. The van der Waals surface area contributed by atoms with E-state index in [1.54, 1.807) is 0 Å². The molecule has 26 heavy (non-hydrogen) atoms. The predicted molar refractivity (Wildman–Crippen MR) is 110 cm³/mol. The fourth-order valence-corrected chi connectivity index (χ4v) is 6.38. The second-order valence-electron chi connectivity index (χ2n) is 11.3. The molecule has 3 heteroatoms. The lowest BCUT2D eigenvalue weighted by atomic mass is 9.61. The molecule has 3 aliphatic heterocycles. The number of piperidine rings is 2. The van der Waals surface area contributed by atoms with Gasteiger partial charge in [-0.1, -0.05) is 20.8 Å². The Hall–Kier alpha value is -0.120. The van der Waals surface area contributed by atoms with Gasteiger partial charge in [-0.05, 0) is 100 Å². The summed E-state index contributed by atoms with van der Waals surface area (Å²) >= 11 is 0. The van der Waals surface area contributed by atoms with Crippen LogP contribution in [0.2, 0.25) is 0 Å². The van der Waals surface area contributed by atoms with Crippen LogP contribution in [0.3, 0.4) is 0 Å². The first-order valence-electron chi connectivity index (χ1n) is 11.6. The van der Waals surface area contributed by atoms with Gasteiger partial charge >= 0.3 is 0 Å². The van der Waals surface area contributed by atoms with E-state index in [4.69, 9.17) is 0 Å². The third-order valence-electron chi connectivity index (χ3n) is 8.40. The summed E-state index contributed by atoms with van der Waals surface area (Å²) in [7, 11) is 0. The van der Waals surface area contributed by atoms with E-state index in [-0.39, 0.29) is 0 Å². The molecule has 0 unspecified atom stereocenters. The Morgan fingerprint density at radius 2 is 1.50 bits per heavy atom. The first-order chi connectivity index (χ1) is 12.4. The average molecular weight is 362 g/mol. The minimum Gasteiger partial charge on any atom is -0.317 e. The summed E-state index contributed by atoms with van der Waals surface area (Å²) < 4.78 is 0. The van der Waals surface area contributed by atoms with Gasteiger partial charge in [-0.25, -0.2) is 0 Å². The van der Waals surface area contributed by atoms with E-state index in [0.29, 0.717) is 10.8 Å². The van der Waals surface area contributed by atoms with Crippen LogP contribution in [0.5, 0.6) is 0 Å². The Balaban J connectivity index is 1.17. The zero-order valence-corrected chi connectivity index (χ0v) is 17.7. The molecule has 1 saturated carbocycles. The van der Waals surface area contributed by atoms with Crippen molar-refractivity contribution in [1.82, 2.24) is 15.1 Å². The van der Waals surface area contributed by atoms with Gasteiger partial charge in [0.15, 0.2) is 0 Å². The average Bonchev–Trinajstić information content (AvgIpc) is 2.61. The lowest BCUT2D eigenvalue weighted by Crippen LogP contribution is -2.62. The molecule has 4 fully saturated rings. The molecule has 1 aliphatic carbocycles. The summed E-state index contributed by atoms with van der Waals surface area (Å²) in [5.74, 6) is 1.92. The molecular formula is C23H43N3. The summed E-state index contributed by atoms with van der Waals surface area (Å²) in [6.45, 7) is 16.7. The third-order valence-corrected chi connectivity index (χ3v) is 8.40. The summed E-state index contributed by atoms with van der Waals surface area (Å²) in [6.07, 6.45) is 11.6. The molecule has 4 aliphatic rings. The van der Waals surface area contributed by atoms with Gasteiger partial charge in [-0.15, -0.1) is 0 Å². The van der Waals surface area contributed by atoms with E-state index in [9.17, 15) is 0 Å². The molecule has 0 aromatic carbocycles. The maximum atomic E-state index is 3.50. The first-order valence-corrected chi connectivity index (χ1v) is 11.6. The van der Waals surface area contributed by atoms with E-state index in [2.05, 4.69) is 35.9 Å². The molecular weight excluding hydrogens is 318 g/mol. The van der Waals surface area contributed by atoms with Gasteiger partial charge in [-0.2, -0.15) is 0 Å². The fourth-order valence-electron chi connectivity index (χ4n) is 6.38. The van der Waals surface area contributed by atoms with Crippen molar-refractivity contribution in [3.05, 3.63) is 0 Å². The maximum Gasteiger partial charge on any atom is 0.0120 e. The second kappa shape index (κ2) is 7.72. The normalized spacial score (nSPS) is 30.6. The van der Waals surface area contributed by atoms with Crippen LogP contribution in [0.1, 0.15) is 72.1 Å². The van der Waals surface area contributed by atoms with Crippen molar-refractivity contribution in [3.63, 3.8) is 0 Å². The molecule has 0 amide bonds. The van der Waals surface area contributed by atoms with Crippen LogP contribution in [-0.2, 0) is 0 Å². The zero-order chi connectivity index (χ0) is 18.2. The molecule has 0 radical (unpaired) electrons. The summed E-state index contributed by atoms with van der Waals surface area (Å²) in [6, 6.07) is 0.894. The van der Waals surface area contributed by atoms with E-state index in [0.717, 1.165) is 17.9 Å². The molecule has 150 valence electrons. The second-order valence-corrected chi connectivity index (χ2v) is 11.3. The zero-order valence-electron chi connectivity index (χ0n) is 17.7. The fraction of sp³-hybridized carbons (Fsp3) is 1.00. The molecule has 3 heterocycles. The highest BCUT2D eigenvalue weighted by Gasteiger charge is 2.48. The van der Waals surface area contributed by atoms with Crippen molar-refractivity contribution in [1.29, 1.82) is 0 Å². The minimum absolute atomic E-state index is 0.520. The molecule has 3 nitrogen and oxygen atoms in total. The van der Waals surface area contributed by atoms with Crippen molar-refractivity contribution in [2.75, 3.05) is 45.8 Å². The van der Waals surface area contributed by atoms with E-state index in [1.807, 2.05) is 0 Å². The van der Waals surface area contributed by atoms with Gasteiger partial charge in [0.05, 0.1) is 0 Å². The number of rotatable bonds is 3. The molecule has 1 spiro atoms. The highest BCUT2D eigenvalue weighted by atomic mass is 15.3. The number of hydrogen-bond acceptors (Lipinski definition) is 3. The van der Waals surface area contributed by atoms with Crippen LogP contribution in [0.25, 0.3) is 0 Å². The SMILES string of the molecule is CC(C)(C)C1CCC2(CC1)CN(C1CCN(CC3CCNCC3)CC1)C2. The van der Waals surface area contributed by atoms with Crippen molar-refractivity contribution in [2.45, 2.75) is 78.2 Å². The Morgan fingerprint density at radius 1 is 0.885 bits per heavy atom. The number of likely N-dealkylation sites (tertiary alicyclic amines) is 2. The van der Waals surface area contributed by atoms with E-state index in [1.165, 1.54) is 97.2 Å². The standard InChI is InChI=1S/C23H43N3/c1-22(2,3)20-4-10-23(11-5-20)17-26(18-23)21-8-14-25(15-9-21)16-19-6-12-24-13-7-19/h19-21,24H,4-18H2,1-3H3. The Labute approximate surface area is 162 Å². The van der Waals surface area contributed by atoms with Crippen LogP contribution in [0, 0.1) is 22.7 Å². The van der Waals surface area contributed by atoms with E-state index < -0.39 is 0 Å². The van der Waals surface area contributed by atoms with Gasteiger partial charge in [0.2, 0.25) is 0 Å². The number of hydrogen-bond donors (Lipinski definition) is 1. The topological polar surface area (TPSA) is 18.5 Å². The van der Waals surface area contributed by atoms with Crippen LogP contribution < -0.4 is 5.32 Å². The Bertz CT molecular complexity index is 439. The smallest absolute Gasteiger partial charge is 0.0120 e. The van der Waals surface area contributed by atoms with Gasteiger partial charge in [0.25, 0.3) is 0 Å². The first kappa shape index (κ1) is 19.2. The van der Waals surface area contributed by atoms with Crippen LogP contribution in [-0.4, -0.2) is 61.7 Å². The summed E-state index contributed by atoms with van der Waals surface area (Å²) in [5.41, 5.74) is 1.24. The lowest BCUT2D eigenvalue weighted by Gasteiger charge is -2.58. The molecule has 0 aromatic heterocycles. The van der Waals surface area contributed by atoms with Crippen LogP contribution >= 0.6 is 0 Å². The van der Waals surface area contributed by atoms with Crippen molar-refractivity contribution < 1.29 is 0 Å². The maximum absolute atomic E-state index is 3.50. The predicted octanol–water partition coefficient (Wildman–Crippen LogP) is 3.99. The third kappa shape index (κ3) is 4.31. The Morgan fingerprint density at radius 3 is 2.08 bits per heavy atom. The van der Waals surface area contributed by atoms with Crippen LogP contribution in [0.15, 0.2) is 0 Å². The van der Waals surface area contributed by atoms with E-state index >= 15 is 0 Å². The molecule has 0 bridgehead atoms. The van der Waals surface area contributed by atoms with Crippen molar-refractivity contribution in [2.24, 2.45) is 22.7 Å². The largest absolute Gasteiger partial charge is 0.317 e. The van der Waals surface area contributed by atoms with Gasteiger partial charge in [0, 0.05) is 25.7 Å². The van der Waals surface area contributed by atoms with Gasteiger partial charge in [0.1, 0.15) is 0 Å². The summed E-state index contributed by atoms with van der Waals surface area (Å²) in [4.78, 5) is 5.63. The lowest BCUT2D eigenvalue weighted by molar-refractivity contribution is -0.0826. The molecule has 4 rings (SSSR count). The molecule has 3 saturated heterocycles. The highest BCUT2D eigenvalue weighted by Crippen LogP contribution is 2.50. The number of nitrogens with one attached hydrogen (secondary N) is 1. The molecule has 0 aromatic rings. The van der Waals surface area contributed by atoms with Crippen LogP contribution in [0.4, 0.5) is 0 Å². The number of nitrogens with zero attached hydrogens (tertiary/aromatic N) is 2. The monoisotopic (exact) mass is 361 g/mol. The summed E-state index contributed by atoms with van der Waals surface area (Å²) in [5, 5.41) is 3.50.